The van der Waals surface area contributed by atoms with E-state index in [-0.39, 0.29) is 0 Å². The fourth-order valence-corrected chi connectivity index (χ4v) is 1.98. The highest BCUT2D eigenvalue weighted by molar-refractivity contribution is 6.17. The summed E-state index contributed by atoms with van der Waals surface area (Å²) in [5.41, 5.74) is 0. The molecular formula is C11H16ClN3. The molecule has 3 nitrogen and oxygen atoms in total. The number of alkyl halides is 1. The Kier molecular flexibility index (Phi) is 3.78. The van der Waals surface area contributed by atoms with Crippen molar-refractivity contribution in [3.8, 4) is 0 Å². The largest absolute Gasteiger partial charge is 0.352 e. The van der Waals surface area contributed by atoms with E-state index in [2.05, 4.69) is 15.1 Å². The minimum atomic E-state index is 0.657. The lowest BCUT2D eigenvalue weighted by Gasteiger charge is -2.38. The van der Waals surface area contributed by atoms with Crippen LogP contribution in [0.3, 0.4) is 0 Å². The van der Waals surface area contributed by atoms with Gasteiger partial charge in [0.1, 0.15) is 0 Å². The molecule has 1 saturated carbocycles. The van der Waals surface area contributed by atoms with Crippen molar-refractivity contribution in [3.05, 3.63) is 18.3 Å². The molecular weight excluding hydrogens is 210 g/mol. The number of rotatable bonds is 5. The fraction of sp³-hybridized carbons (Fsp3) is 0.636. The lowest BCUT2D eigenvalue weighted by atomic mass is 9.91. The van der Waals surface area contributed by atoms with Gasteiger partial charge in [-0.25, -0.2) is 0 Å². The second-order valence-electron chi connectivity index (χ2n) is 3.90. The average molecular weight is 226 g/mol. The van der Waals surface area contributed by atoms with E-state index >= 15 is 0 Å². The van der Waals surface area contributed by atoms with Gasteiger partial charge in [-0.3, -0.25) is 0 Å². The van der Waals surface area contributed by atoms with E-state index in [0.717, 1.165) is 18.8 Å². The average Bonchev–Trinajstić information content (AvgIpc) is 2.22. The Morgan fingerprint density at radius 2 is 2.33 bits per heavy atom. The Morgan fingerprint density at radius 3 is 2.87 bits per heavy atom. The monoisotopic (exact) mass is 225 g/mol. The van der Waals surface area contributed by atoms with E-state index in [1.165, 1.54) is 19.3 Å². The molecule has 0 aromatic carbocycles. The topological polar surface area (TPSA) is 29.0 Å². The zero-order valence-corrected chi connectivity index (χ0v) is 9.53. The summed E-state index contributed by atoms with van der Waals surface area (Å²) in [6, 6.07) is 4.62. The van der Waals surface area contributed by atoms with Crippen LogP contribution in [0.1, 0.15) is 25.7 Å². The fourth-order valence-electron chi connectivity index (χ4n) is 1.86. The summed E-state index contributed by atoms with van der Waals surface area (Å²) in [6.45, 7) is 0.993. The van der Waals surface area contributed by atoms with Crippen LogP contribution >= 0.6 is 11.6 Å². The summed E-state index contributed by atoms with van der Waals surface area (Å²) >= 11 is 5.74. The van der Waals surface area contributed by atoms with Crippen molar-refractivity contribution in [2.24, 2.45) is 0 Å². The van der Waals surface area contributed by atoms with Gasteiger partial charge in [0.25, 0.3) is 0 Å². The van der Waals surface area contributed by atoms with Gasteiger partial charge >= 0.3 is 0 Å². The molecule has 1 aromatic heterocycles. The number of anilines is 1. The van der Waals surface area contributed by atoms with Crippen LogP contribution < -0.4 is 4.90 Å². The number of hydrogen-bond acceptors (Lipinski definition) is 3. The minimum absolute atomic E-state index is 0.657. The maximum atomic E-state index is 5.74. The van der Waals surface area contributed by atoms with Gasteiger partial charge in [-0.2, -0.15) is 5.10 Å². The molecule has 1 fully saturated rings. The molecule has 0 spiro atoms. The number of halogens is 1. The molecule has 0 saturated heterocycles. The molecule has 1 aromatic rings. The summed E-state index contributed by atoms with van der Waals surface area (Å²) in [5, 5.41) is 8.10. The van der Waals surface area contributed by atoms with Gasteiger partial charge < -0.3 is 4.90 Å². The van der Waals surface area contributed by atoms with E-state index in [9.17, 15) is 0 Å². The van der Waals surface area contributed by atoms with Crippen molar-refractivity contribution in [2.45, 2.75) is 31.7 Å². The SMILES string of the molecule is ClCCCN(c1cccnn1)C1CCC1. The molecule has 1 aliphatic carbocycles. The maximum Gasteiger partial charge on any atom is 0.151 e. The molecule has 82 valence electrons. The molecule has 0 aliphatic heterocycles. The van der Waals surface area contributed by atoms with Crippen molar-refractivity contribution in [1.82, 2.24) is 10.2 Å². The highest BCUT2D eigenvalue weighted by Gasteiger charge is 2.25. The molecule has 1 aliphatic rings. The van der Waals surface area contributed by atoms with Crippen molar-refractivity contribution in [3.63, 3.8) is 0 Å². The van der Waals surface area contributed by atoms with E-state index in [1.807, 2.05) is 12.1 Å². The molecule has 0 unspecified atom stereocenters. The summed E-state index contributed by atoms with van der Waals surface area (Å²) < 4.78 is 0. The smallest absolute Gasteiger partial charge is 0.151 e. The third-order valence-corrected chi connectivity index (χ3v) is 3.17. The molecule has 0 radical (unpaired) electrons. The second-order valence-corrected chi connectivity index (χ2v) is 4.28. The third-order valence-electron chi connectivity index (χ3n) is 2.90. The van der Waals surface area contributed by atoms with E-state index in [4.69, 9.17) is 11.6 Å². The molecule has 2 rings (SSSR count). The normalized spacial score (nSPS) is 16.1. The van der Waals surface area contributed by atoms with Crippen LogP contribution in [0.5, 0.6) is 0 Å². The van der Waals surface area contributed by atoms with Crippen LogP contribution in [0.25, 0.3) is 0 Å². The molecule has 0 amide bonds. The second kappa shape index (κ2) is 5.31. The van der Waals surface area contributed by atoms with Gasteiger partial charge in [-0.05, 0) is 37.8 Å². The Hall–Kier alpha value is -0.830. The molecule has 0 bridgehead atoms. The standard InChI is InChI=1S/C11H16ClN3/c12-7-3-9-15(10-4-1-5-10)11-6-2-8-13-14-11/h2,6,8,10H,1,3-5,7,9H2. The first-order valence-electron chi connectivity index (χ1n) is 5.52. The van der Waals surface area contributed by atoms with Gasteiger partial charge in [0.05, 0.1) is 0 Å². The summed E-state index contributed by atoms with van der Waals surface area (Å²) in [5.74, 6) is 1.70. The lowest BCUT2D eigenvalue weighted by molar-refractivity contribution is 0.383. The highest BCUT2D eigenvalue weighted by atomic mass is 35.5. The van der Waals surface area contributed by atoms with Gasteiger partial charge in [0.15, 0.2) is 5.82 Å². The highest BCUT2D eigenvalue weighted by Crippen LogP contribution is 2.28. The Bertz CT molecular complexity index is 287. The molecule has 0 atom stereocenters. The number of nitrogens with zero attached hydrogens (tertiary/aromatic N) is 3. The Morgan fingerprint density at radius 1 is 1.47 bits per heavy atom. The van der Waals surface area contributed by atoms with Crippen LogP contribution in [0.15, 0.2) is 18.3 Å². The predicted octanol–water partition coefficient (Wildman–Crippen LogP) is 2.46. The van der Waals surface area contributed by atoms with Crippen molar-refractivity contribution >= 4 is 17.4 Å². The van der Waals surface area contributed by atoms with Gasteiger partial charge in [-0.1, -0.05) is 0 Å². The van der Waals surface area contributed by atoms with Gasteiger partial charge in [0.2, 0.25) is 0 Å². The van der Waals surface area contributed by atoms with Gasteiger partial charge in [-0.15, -0.1) is 16.7 Å². The number of hydrogen-bond donors (Lipinski definition) is 0. The summed E-state index contributed by atoms with van der Waals surface area (Å²) in [4.78, 5) is 2.35. The zero-order chi connectivity index (χ0) is 10.5. The van der Waals surface area contributed by atoms with E-state index in [1.54, 1.807) is 6.20 Å². The van der Waals surface area contributed by atoms with Crippen molar-refractivity contribution in [2.75, 3.05) is 17.3 Å². The minimum Gasteiger partial charge on any atom is -0.352 e. The third kappa shape index (κ3) is 2.59. The van der Waals surface area contributed by atoms with Crippen molar-refractivity contribution in [1.29, 1.82) is 0 Å². The quantitative estimate of drug-likeness (QED) is 0.721. The van der Waals surface area contributed by atoms with Gasteiger partial charge in [0, 0.05) is 24.7 Å². The summed E-state index contributed by atoms with van der Waals surface area (Å²) in [6.07, 6.45) is 6.61. The molecule has 15 heavy (non-hydrogen) atoms. The van der Waals surface area contributed by atoms with Crippen LogP contribution in [0.4, 0.5) is 5.82 Å². The number of aromatic nitrogens is 2. The van der Waals surface area contributed by atoms with Crippen LogP contribution in [0, 0.1) is 0 Å². The van der Waals surface area contributed by atoms with E-state index in [0.29, 0.717) is 11.9 Å². The van der Waals surface area contributed by atoms with Crippen molar-refractivity contribution < 1.29 is 0 Å². The van der Waals surface area contributed by atoms with Crippen LogP contribution in [0.2, 0.25) is 0 Å². The molecule has 1 heterocycles. The first-order valence-corrected chi connectivity index (χ1v) is 6.05. The Balaban J connectivity index is 2.04. The van der Waals surface area contributed by atoms with Crippen LogP contribution in [-0.4, -0.2) is 28.7 Å². The first-order chi connectivity index (χ1) is 7.42. The molecule has 0 N–H and O–H groups in total. The Labute approximate surface area is 95.5 Å². The van der Waals surface area contributed by atoms with Crippen LogP contribution in [-0.2, 0) is 0 Å². The maximum absolute atomic E-state index is 5.74. The lowest BCUT2D eigenvalue weighted by Crippen LogP contribution is -2.41. The predicted molar refractivity (Wildman–Crippen MR) is 62.4 cm³/mol. The van der Waals surface area contributed by atoms with E-state index < -0.39 is 0 Å². The molecule has 4 heteroatoms. The zero-order valence-electron chi connectivity index (χ0n) is 8.77. The summed E-state index contributed by atoms with van der Waals surface area (Å²) in [7, 11) is 0. The first kappa shape index (κ1) is 10.7.